The Bertz CT molecular complexity index is 169. The maximum atomic E-state index is 10.8. The molecule has 0 atom stereocenters. The van der Waals surface area contributed by atoms with E-state index >= 15 is 0 Å². The number of hydrogen-bond acceptors (Lipinski definition) is 3. The SMILES string of the molecule is CCC(=O)NCCCNCC(C)=O. The normalized spacial score (nSPS) is 9.69. The van der Waals surface area contributed by atoms with Crippen molar-refractivity contribution in [1.82, 2.24) is 10.6 Å². The van der Waals surface area contributed by atoms with Crippen LogP contribution in [0.25, 0.3) is 0 Å². The van der Waals surface area contributed by atoms with Crippen molar-refractivity contribution in [1.29, 1.82) is 0 Å². The van der Waals surface area contributed by atoms with Crippen molar-refractivity contribution >= 4 is 11.7 Å². The Morgan fingerprint density at radius 2 is 1.92 bits per heavy atom. The van der Waals surface area contributed by atoms with Crippen LogP contribution >= 0.6 is 0 Å². The van der Waals surface area contributed by atoms with Crippen LogP contribution in [-0.2, 0) is 9.59 Å². The van der Waals surface area contributed by atoms with Crippen LogP contribution in [0.3, 0.4) is 0 Å². The van der Waals surface area contributed by atoms with Gasteiger partial charge >= 0.3 is 0 Å². The Labute approximate surface area is 79.1 Å². The summed E-state index contributed by atoms with van der Waals surface area (Å²) < 4.78 is 0. The summed E-state index contributed by atoms with van der Waals surface area (Å²) >= 11 is 0. The average Bonchev–Trinajstić information content (AvgIpc) is 2.10. The van der Waals surface area contributed by atoms with Crippen molar-refractivity contribution in [3.63, 3.8) is 0 Å². The largest absolute Gasteiger partial charge is 0.356 e. The molecule has 0 fully saturated rings. The summed E-state index contributed by atoms with van der Waals surface area (Å²) in [7, 11) is 0. The zero-order valence-electron chi connectivity index (χ0n) is 8.35. The minimum atomic E-state index is 0.0755. The molecule has 0 aliphatic carbocycles. The quantitative estimate of drug-likeness (QED) is 0.554. The molecule has 0 aliphatic rings. The molecular formula is C9H18N2O2. The lowest BCUT2D eigenvalue weighted by molar-refractivity contribution is -0.120. The zero-order chi connectivity index (χ0) is 10.1. The summed E-state index contributed by atoms with van der Waals surface area (Å²) in [6.07, 6.45) is 1.39. The third kappa shape index (κ3) is 9.01. The van der Waals surface area contributed by atoms with Gasteiger partial charge in [0, 0.05) is 13.0 Å². The van der Waals surface area contributed by atoms with Gasteiger partial charge in [0.15, 0.2) is 0 Å². The first kappa shape index (κ1) is 12.1. The Kier molecular flexibility index (Phi) is 7.20. The van der Waals surface area contributed by atoms with Crippen molar-refractivity contribution in [2.45, 2.75) is 26.7 Å². The van der Waals surface area contributed by atoms with Gasteiger partial charge in [-0.2, -0.15) is 0 Å². The van der Waals surface area contributed by atoms with Gasteiger partial charge in [-0.15, -0.1) is 0 Å². The van der Waals surface area contributed by atoms with E-state index in [2.05, 4.69) is 10.6 Å². The van der Waals surface area contributed by atoms with Crippen LogP contribution in [-0.4, -0.2) is 31.3 Å². The molecule has 1 amide bonds. The Morgan fingerprint density at radius 3 is 2.46 bits per heavy atom. The van der Waals surface area contributed by atoms with Gasteiger partial charge in [0.2, 0.25) is 5.91 Å². The third-order valence-electron chi connectivity index (χ3n) is 1.55. The lowest BCUT2D eigenvalue weighted by Gasteiger charge is -2.03. The molecule has 0 aromatic rings. The van der Waals surface area contributed by atoms with E-state index in [1.54, 1.807) is 6.92 Å². The first-order chi connectivity index (χ1) is 6.16. The molecule has 0 rings (SSSR count). The van der Waals surface area contributed by atoms with Crippen molar-refractivity contribution in [3.05, 3.63) is 0 Å². The van der Waals surface area contributed by atoms with Crippen LogP contribution in [0.5, 0.6) is 0 Å². The minimum Gasteiger partial charge on any atom is -0.356 e. The minimum absolute atomic E-state index is 0.0755. The van der Waals surface area contributed by atoms with Gasteiger partial charge in [0.1, 0.15) is 5.78 Å². The van der Waals surface area contributed by atoms with E-state index in [4.69, 9.17) is 0 Å². The van der Waals surface area contributed by atoms with Gasteiger partial charge in [0.05, 0.1) is 6.54 Å². The molecule has 0 heterocycles. The van der Waals surface area contributed by atoms with Crippen LogP contribution in [0, 0.1) is 0 Å². The summed E-state index contributed by atoms with van der Waals surface area (Å²) in [5.41, 5.74) is 0. The van der Waals surface area contributed by atoms with Crippen LogP contribution in [0.2, 0.25) is 0 Å². The molecule has 0 aliphatic heterocycles. The highest BCUT2D eigenvalue weighted by Crippen LogP contribution is 1.77. The fourth-order valence-corrected chi connectivity index (χ4v) is 0.831. The van der Waals surface area contributed by atoms with Gasteiger partial charge in [-0.3, -0.25) is 9.59 Å². The average molecular weight is 186 g/mol. The molecule has 0 radical (unpaired) electrons. The maximum absolute atomic E-state index is 10.8. The first-order valence-electron chi connectivity index (χ1n) is 4.63. The molecule has 0 aromatic carbocycles. The molecule has 0 saturated heterocycles. The predicted molar refractivity (Wildman–Crippen MR) is 51.5 cm³/mol. The highest BCUT2D eigenvalue weighted by molar-refractivity contribution is 5.77. The predicted octanol–water partition coefficient (Wildman–Crippen LogP) is 0.0813. The highest BCUT2D eigenvalue weighted by atomic mass is 16.1. The fourth-order valence-electron chi connectivity index (χ4n) is 0.831. The number of rotatable bonds is 7. The smallest absolute Gasteiger partial charge is 0.219 e. The van der Waals surface area contributed by atoms with Crippen LogP contribution in [0.4, 0.5) is 0 Å². The second kappa shape index (κ2) is 7.73. The zero-order valence-corrected chi connectivity index (χ0v) is 8.35. The Balaban J connectivity index is 3.08. The summed E-state index contributed by atoms with van der Waals surface area (Å²) in [6.45, 7) is 5.23. The molecule has 0 spiro atoms. The molecule has 13 heavy (non-hydrogen) atoms. The van der Waals surface area contributed by atoms with Crippen LogP contribution in [0.1, 0.15) is 26.7 Å². The van der Waals surface area contributed by atoms with Gasteiger partial charge in [-0.1, -0.05) is 6.92 Å². The number of Topliss-reactive ketones (excluding diaryl/α,β-unsaturated/α-hetero) is 1. The highest BCUT2D eigenvalue weighted by Gasteiger charge is 1.95. The standard InChI is InChI=1S/C9H18N2O2/c1-3-9(13)11-6-4-5-10-7-8(2)12/h10H,3-7H2,1-2H3,(H,11,13). The number of hydrogen-bond donors (Lipinski definition) is 2. The van der Waals surface area contributed by atoms with Crippen molar-refractivity contribution < 1.29 is 9.59 Å². The van der Waals surface area contributed by atoms with Gasteiger partial charge in [-0.05, 0) is 19.9 Å². The van der Waals surface area contributed by atoms with Crippen molar-refractivity contribution in [3.8, 4) is 0 Å². The van der Waals surface area contributed by atoms with Crippen LogP contribution < -0.4 is 10.6 Å². The molecule has 4 nitrogen and oxygen atoms in total. The van der Waals surface area contributed by atoms with Gasteiger partial charge in [-0.25, -0.2) is 0 Å². The van der Waals surface area contributed by atoms with E-state index in [-0.39, 0.29) is 11.7 Å². The molecule has 4 heteroatoms. The molecule has 2 N–H and O–H groups in total. The van der Waals surface area contributed by atoms with Crippen LogP contribution in [0.15, 0.2) is 0 Å². The Morgan fingerprint density at radius 1 is 1.23 bits per heavy atom. The summed E-state index contributed by atoms with van der Waals surface area (Å²) in [5.74, 6) is 0.212. The number of carbonyl (C=O) groups excluding carboxylic acids is 2. The van der Waals surface area contributed by atoms with Gasteiger partial charge < -0.3 is 10.6 Å². The molecule has 0 unspecified atom stereocenters. The summed E-state index contributed by atoms with van der Waals surface area (Å²) in [6, 6.07) is 0. The number of nitrogens with one attached hydrogen (secondary N) is 2. The summed E-state index contributed by atoms with van der Waals surface area (Å²) in [5, 5.41) is 5.73. The monoisotopic (exact) mass is 186 g/mol. The molecule has 0 saturated carbocycles. The van der Waals surface area contributed by atoms with E-state index in [1.807, 2.05) is 6.92 Å². The third-order valence-corrected chi connectivity index (χ3v) is 1.55. The lowest BCUT2D eigenvalue weighted by atomic mass is 10.3. The van der Waals surface area contributed by atoms with E-state index in [1.165, 1.54) is 0 Å². The second-order valence-electron chi connectivity index (χ2n) is 2.94. The fraction of sp³-hybridized carbons (Fsp3) is 0.778. The number of ketones is 1. The molecule has 76 valence electrons. The topological polar surface area (TPSA) is 58.2 Å². The molecular weight excluding hydrogens is 168 g/mol. The van der Waals surface area contributed by atoms with Gasteiger partial charge in [0.25, 0.3) is 0 Å². The Hall–Kier alpha value is -0.900. The second-order valence-corrected chi connectivity index (χ2v) is 2.94. The molecule has 0 aromatic heterocycles. The van der Waals surface area contributed by atoms with E-state index in [0.717, 1.165) is 13.0 Å². The van der Waals surface area contributed by atoms with E-state index in [9.17, 15) is 9.59 Å². The molecule has 0 bridgehead atoms. The first-order valence-corrected chi connectivity index (χ1v) is 4.63. The lowest BCUT2D eigenvalue weighted by Crippen LogP contribution is -2.28. The summed E-state index contributed by atoms with van der Waals surface area (Å²) in [4.78, 5) is 21.3. The van der Waals surface area contributed by atoms with Crippen molar-refractivity contribution in [2.24, 2.45) is 0 Å². The van der Waals surface area contributed by atoms with E-state index < -0.39 is 0 Å². The number of carbonyl (C=O) groups is 2. The maximum Gasteiger partial charge on any atom is 0.219 e. The van der Waals surface area contributed by atoms with Crippen molar-refractivity contribution in [2.75, 3.05) is 19.6 Å². The van der Waals surface area contributed by atoms with E-state index in [0.29, 0.717) is 19.5 Å². The number of amides is 1.